The Morgan fingerprint density at radius 1 is 0.968 bits per heavy atom. The molecule has 1 amide bonds. The largest absolute Gasteiger partial charge is 0.295 e. The number of H-pyrrole nitrogens is 1. The maximum absolute atomic E-state index is 13.5. The summed E-state index contributed by atoms with van der Waals surface area (Å²) in [5.41, 5.74) is 7.48. The molecule has 1 atom stereocenters. The lowest BCUT2D eigenvalue weighted by atomic mass is 9.95. The molecule has 0 radical (unpaired) electrons. The molecule has 0 spiro atoms. The first kappa shape index (κ1) is 19.6. The van der Waals surface area contributed by atoms with Gasteiger partial charge in [-0.3, -0.25) is 14.8 Å². The van der Waals surface area contributed by atoms with Crippen molar-refractivity contribution in [2.75, 3.05) is 4.90 Å². The smallest absolute Gasteiger partial charge is 0.277 e. The van der Waals surface area contributed by atoms with Gasteiger partial charge in [0.15, 0.2) is 0 Å². The molecule has 0 bridgehead atoms. The minimum absolute atomic E-state index is 0.0730. The summed E-state index contributed by atoms with van der Waals surface area (Å²) in [4.78, 5) is 15.4. The van der Waals surface area contributed by atoms with Crippen LogP contribution in [-0.4, -0.2) is 16.1 Å². The number of nitrogens with one attached hydrogen (secondary N) is 1. The molecule has 0 saturated heterocycles. The Bertz CT molecular complexity index is 1240. The van der Waals surface area contributed by atoms with E-state index in [9.17, 15) is 4.79 Å². The summed E-state index contributed by atoms with van der Waals surface area (Å²) in [6, 6.07) is 23.9. The van der Waals surface area contributed by atoms with Crippen LogP contribution in [0.15, 0.2) is 72.8 Å². The van der Waals surface area contributed by atoms with Crippen LogP contribution in [0, 0.1) is 6.92 Å². The molecule has 0 unspecified atom stereocenters. The minimum Gasteiger partial charge on any atom is -0.295 e. The molecule has 0 fully saturated rings. The first-order chi connectivity index (χ1) is 15.1. The monoisotopic (exact) mass is 427 g/mol. The van der Waals surface area contributed by atoms with Gasteiger partial charge in [0.2, 0.25) is 0 Å². The molecule has 5 heteroatoms. The number of amides is 1. The zero-order valence-corrected chi connectivity index (χ0v) is 18.1. The van der Waals surface area contributed by atoms with E-state index in [1.54, 1.807) is 0 Å². The summed E-state index contributed by atoms with van der Waals surface area (Å²) in [5.74, 6) is -0.0730. The predicted octanol–water partition coefficient (Wildman–Crippen LogP) is 6.35. The van der Waals surface area contributed by atoms with Gasteiger partial charge in [0.05, 0.1) is 11.7 Å². The van der Waals surface area contributed by atoms with Crippen molar-refractivity contribution >= 4 is 23.2 Å². The van der Waals surface area contributed by atoms with Gasteiger partial charge in [-0.15, -0.1) is 0 Å². The standard InChI is InChI=1S/C26H22ClN3O/c1-3-17-6-8-19(9-7-17)25-22-23(18-10-12-20(27)13-11-18)28-29-24(22)26(31)30(25)21-14-4-16(2)5-15-21/h4-15,25H,3H2,1-2H3,(H,28,29)/t25-/m0/s1. The Kier molecular flexibility index (Phi) is 4.87. The fraction of sp³-hybridized carbons (Fsp3) is 0.154. The summed E-state index contributed by atoms with van der Waals surface area (Å²) in [5, 5.41) is 8.20. The highest BCUT2D eigenvalue weighted by atomic mass is 35.5. The number of aryl methyl sites for hydroxylation is 2. The van der Waals surface area contributed by atoms with Crippen LogP contribution >= 0.6 is 11.6 Å². The second-order valence-corrected chi connectivity index (χ2v) is 8.31. The molecule has 3 aromatic carbocycles. The molecular formula is C26H22ClN3O. The lowest BCUT2D eigenvalue weighted by Gasteiger charge is -2.27. The number of anilines is 1. The summed E-state index contributed by atoms with van der Waals surface area (Å²) < 4.78 is 0. The summed E-state index contributed by atoms with van der Waals surface area (Å²) in [6.07, 6.45) is 0.971. The Hall–Kier alpha value is -3.37. The van der Waals surface area contributed by atoms with Gasteiger partial charge >= 0.3 is 0 Å². The minimum atomic E-state index is -0.263. The third-order valence-electron chi connectivity index (χ3n) is 5.90. The van der Waals surface area contributed by atoms with Crippen LogP contribution < -0.4 is 4.90 Å². The highest BCUT2D eigenvalue weighted by Gasteiger charge is 2.43. The summed E-state index contributed by atoms with van der Waals surface area (Å²) in [6.45, 7) is 4.18. The van der Waals surface area contributed by atoms with Crippen molar-refractivity contribution < 1.29 is 4.79 Å². The number of hydrogen-bond donors (Lipinski definition) is 1. The molecule has 2 heterocycles. The van der Waals surface area contributed by atoms with Crippen LogP contribution in [0.4, 0.5) is 5.69 Å². The summed E-state index contributed by atoms with van der Waals surface area (Å²) in [7, 11) is 0. The highest BCUT2D eigenvalue weighted by molar-refractivity contribution is 6.30. The van der Waals surface area contributed by atoms with Crippen LogP contribution in [0.25, 0.3) is 11.3 Å². The number of benzene rings is 3. The predicted molar refractivity (Wildman–Crippen MR) is 125 cm³/mol. The number of aromatic nitrogens is 2. The van der Waals surface area contributed by atoms with Crippen LogP contribution in [-0.2, 0) is 6.42 Å². The van der Waals surface area contributed by atoms with Gasteiger partial charge in [0, 0.05) is 21.8 Å². The van der Waals surface area contributed by atoms with E-state index in [2.05, 4.69) is 41.4 Å². The Balaban J connectivity index is 1.70. The SMILES string of the molecule is CCc1ccc([C@H]2c3c(-c4ccc(Cl)cc4)n[nH]c3C(=O)N2c2ccc(C)cc2)cc1. The summed E-state index contributed by atoms with van der Waals surface area (Å²) >= 11 is 6.09. The number of aromatic amines is 1. The van der Waals surface area contributed by atoms with Crippen LogP contribution in [0.3, 0.4) is 0 Å². The number of hydrogen-bond acceptors (Lipinski definition) is 2. The van der Waals surface area contributed by atoms with E-state index in [1.165, 1.54) is 5.56 Å². The second-order valence-electron chi connectivity index (χ2n) is 7.88. The molecule has 0 aliphatic carbocycles. The average Bonchev–Trinajstić information content (AvgIpc) is 3.34. The highest BCUT2D eigenvalue weighted by Crippen LogP contribution is 2.45. The van der Waals surface area contributed by atoms with Crippen LogP contribution in [0.2, 0.25) is 5.02 Å². The van der Waals surface area contributed by atoms with Crippen LogP contribution in [0.5, 0.6) is 0 Å². The van der Waals surface area contributed by atoms with E-state index in [4.69, 9.17) is 11.6 Å². The van der Waals surface area contributed by atoms with E-state index in [0.29, 0.717) is 10.7 Å². The van der Waals surface area contributed by atoms with Gasteiger partial charge in [-0.2, -0.15) is 5.10 Å². The van der Waals surface area contributed by atoms with Crippen molar-refractivity contribution in [3.05, 3.63) is 106 Å². The van der Waals surface area contributed by atoms with Crippen molar-refractivity contribution in [2.45, 2.75) is 26.3 Å². The third kappa shape index (κ3) is 3.33. The molecule has 31 heavy (non-hydrogen) atoms. The van der Waals surface area contributed by atoms with E-state index in [1.807, 2.05) is 60.4 Å². The maximum atomic E-state index is 13.5. The van der Waals surface area contributed by atoms with Gasteiger partial charge in [-0.1, -0.05) is 72.6 Å². The van der Waals surface area contributed by atoms with Crippen LogP contribution in [0.1, 0.15) is 45.7 Å². The number of rotatable bonds is 4. The second kappa shape index (κ2) is 7.71. The molecule has 4 nitrogen and oxygen atoms in total. The zero-order valence-electron chi connectivity index (χ0n) is 17.4. The molecule has 4 aromatic rings. The molecule has 1 N–H and O–H groups in total. The Morgan fingerprint density at radius 3 is 2.29 bits per heavy atom. The van der Waals surface area contributed by atoms with Gasteiger partial charge < -0.3 is 0 Å². The van der Waals surface area contributed by atoms with Gasteiger partial charge in [-0.05, 0) is 48.7 Å². The van der Waals surface area contributed by atoms with Gasteiger partial charge in [0.25, 0.3) is 5.91 Å². The lowest BCUT2D eigenvalue weighted by Crippen LogP contribution is -2.29. The fourth-order valence-electron chi connectivity index (χ4n) is 4.20. The van der Waals surface area contributed by atoms with E-state index in [-0.39, 0.29) is 11.9 Å². The first-order valence-electron chi connectivity index (χ1n) is 10.4. The normalized spacial score (nSPS) is 15.4. The topological polar surface area (TPSA) is 49.0 Å². The zero-order chi connectivity index (χ0) is 21.5. The molecule has 5 rings (SSSR count). The molecular weight excluding hydrogens is 406 g/mol. The van der Waals surface area contributed by atoms with Crippen molar-refractivity contribution in [3.8, 4) is 11.3 Å². The number of fused-ring (bicyclic) bond motifs is 1. The molecule has 154 valence electrons. The van der Waals surface area contributed by atoms with E-state index >= 15 is 0 Å². The number of halogens is 1. The van der Waals surface area contributed by atoms with Crippen molar-refractivity contribution in [1.29, 1.82) is 0 Å². The van der Waals surface area contributed by atoms with Gasteiger partial charge in [-0.25, -0.2) is 0 Å². The molecule has 1 aromatic heterocycles. The van der Waals surface area contributed by atoms with Crippen molar-refractivity contribution in [1.82, 2.24) is 10.2 Å². The molecule has 0 saturated carbocycles. The molecule has 1 aliphatic heterocycles. The molecule has 1 aliphatic rings. The number of carbonyl (C=O) groups is 1. The Labute approximate surface area is 186 Å². The average molecular weight is 428 g/mol. The number of nitrogens with zero attached hydrogens (tertiary/aromatic N) is 2. The number of carbonyl (C=O) groups excluding carboxylic acids is 1. The van der Waals surface area contributed by atoms with E-state index in [0.717, 1.165) is 40.1 Å². The first-order valence-corrected chi connectivity index (χ1v) is 10.8. The Morgan fingerprint density at radius 2 is 1.65 bits per heavy atom. The van der Waals surface area contributed by atoms with Crippen molar-refractivity contribution in [3.63, 3.8) is 0 Å². The lowest BCUT2D eigenvalue weighted by molar-refractivity contribution is 0.0989. The van der Waals surface area contributed by atoms with Crippen molar-refractivity contribution in [2.24, 2.45) is 0 Å². The third-order valence-corrected chi connectivity index (χ3v) is 6.15. The van der Waals surface area contributed by atoms with Gasteiger partial charge in [0.1, 0.15) is 5.69 Å². The maximum Gasteiger partial charge on any atom is 0.277 e. The quantitative estimate of drug-likeness (QED) is 0.412. The van der Waals surface area contributed by atoms with E-state index < -0.39 is 0 Å². The fourth-order valence-corrected chi connectivity index (χ4v) is 4.32.